The summed E-state index contributed by atoms with van der Waals surface area (Å²) in [6, 6.07) is 7.85. The maximum atomic E-state index is 12.7. The molecule has 0 unspecified atom stereocenters. The Bertz CT molecular complexity index is 539. The summed E-state index contributed by atoms with van der Waals surface area (Å²) in [6.45, 7) is 0.511. The third kappa shape index (κ3) is 3.30. The van der Waals surface area contributed by atoms with Gasteiger partial charge in [0.05, 0.1) is 6.54 Å². The lowest BCUT2D eigenvalue weighted by molar-refractivity contribution is -0.113. The van der Waals surface area contributed by atoms with Crippen LogP contribution in [0.1, 0.15) is 5.56 Å². The smallest absolute Gasteiger partial charge is 0.240 e. The second-order valence-corrected chi connectivity index (χ2v) is 3.97. The molecule has 0 saturated heterocycles. The SMILES string of the molecule is O=C(CCl)Nc1ccn(Cc2ccc(F)cc2)n1. The minimum absolute atomic E-state index is 0.106. The molecular weight excluding hydrogens is 257 g/mol. The average molecular weight is 268 g/mol. The van der Waals surface area contributed by atoms with Gasteiger partial charge in [-0.2, -0.15) is 5.10 Å². The molecule has 0 bridgehead atoms. The Morgan fingerprint density at radius 1 is 1.33 bits per heavy atom. The van der Waals surface area contributed by atoms with Gasteiger partial charge >= 0.3 is 0 Å². The van der Waals surface area contributed by atoms with Crippen LogP contribution in [0.15, 0.2) is 36.5 Å². The van der Waals surface area contributed by atoms with E-state index in [0.29, 0.717) is 12.4 Å². The van der Waals surface area contributed by atoms with Crippen LogP contribution in [0.25, 0.3) is 0 Å². The lowest BCUT2D eigenvalue weighted by atomic mass is 10.2. The van der Waals surface area contributed by atoms with Crippen LogP contribution in [-0.4, -0.2) is 21.6 Å². The highest BCUT2D eigenvalue weighted by Crippen LogP contribution is 2.07. The van der Waals surface area contributed by atoms with Crippen molar-refractivity contribution in [3.8, 4) is 0 Å². The Balaban J connectivity index is 2.02. The van der Waals surface area contributed by atoms with Gasteiger partial charge in [-0.05, 0) is 17.7 Å². The van der Waals surface area contributed by atoms with E-state index < -0.39 is 0 Å². The molecule has 1 amide bonds. The van der Waals surface area contributed by atoms with Gasteiger partial charge < -0.3 is 5.32 Å². The third-order valence-corrected chi connectivity index (χ3v) is 2.53. The zero-order chi connectivity index (χ0) is 13.0. The van der Waals surface area contributed by atoms with Gasteiger partial charge in [0, 0.05) is 12.3 Å². The molecule has 0 fully saturated rings. The topological polar surface area (TPSA) is 46.9 Å². The lowest BCUT2D eigenvalue weighted by Crippen LogP contribution is -2.13. The molecule has 1 heterocycles. The van der Waals surface area contributed by atoms with Gasteiger partial charge in [-0.3, -0.25) is 9.48 Å². The molecule has 4 nitrogen and oxygen atoms in total. The summed E-state index contributed by atoms with van der Waals surface area (Å²) in [5.74, 6) is -0.231. The number of amides is 1. The zero-order valence-electron chi connectivity index (χ0n) is 9.44. The highest BCUT2D eigenvalue weighted by atomic mass is 35.5. The molecule has 2 rings (SSSR count). The fourth-order valence-electron chi connectivity index (χ4n) is 1.47. The molecule has 1 N–H and O–H groups in total. The van der Waals surface area contributed by atoms with Gasteiger partial charge in [-0.25, -0.2) is 4.39 Å². The fourth-order valence-corrected chi connectivity index (χ4v) is 1.54. The first kappa shape index (κ1) is 12.6. The first-order valence-electron chi connectivity index (χ1n) is 5.31. The number of aromatic nitrogens is 2. The highest BCUT2D eigenvalue weighted by Gasteiger charge is 2.03. The summed E-state index contributed by atoms with van der Waals surface area (Å²) in [5.41, 5.74) is 0.926. The first-order valence-corrected chi connectivity index (χ1v) is 5.84. The van der Waals surface area contributed by atoms with E-state index in [4.69, 9.17) is 11.6 Å². The summed E-state index contributed by atoms with van der Waals surface area (Å²) < 4.78 is 14.4. The number of anilines is 1. The van der Waals surface area contributed by atoms with E-state index in [9.17, 15) is 9.18 Å². The van der Waals surface area contributed by atoms with Gasteiger partial charge in [-0.15, -0.1) is 11.6 Å². The van der Waals surface area contributed by atoms with E-state index in [1.165, 1.54) is 12.1 Å². The number of carbonyl (C=O) groups excluding carboxylic acids is 1. The quantitative estimate of drug-likeness (QED) is 0.864. The van der Waals surface area contributed by atoms with Crippen molar-refractivity contribution < 1.29 is 9.18 Å². The Hall–Kier alpha value is -1.88. The van der Waals surface area contributed by atoms with Crippen LogP contribution in [0, 0.1) is 5.82 Å². The molecule has 1 aromatic heterocycles. The van der Waals surface area contributed by atoms with Crippen molar-refractivity contribution in [2.45, 2.75) is 6.54 Å². The summed E-state index contributed by atoms with van der Waals surface area (Å²) in [7, 11) is 0. The Morgan fingerprint density at radius 3 is 2.72 bits per heavy atom. The van der Waals surface area contributed by atoms with Crippen LogP contribution >= 0.6 is 11.6 Å². The molecule has 0 atom stereocenters. The number of halogens is 2. The predicted molar refractivity (Wildman–Crippen MR) is 67.1 cm³/mol. The normalized spacial score (nSPS) is 10.3. The van der Waals surface area contributed by atoms with E-state index in [1.54, 1.807) is 29.1 Å². The second-order valence-electron chi connectivity index (χ2n) is 3.71. The largest absolute Gasteiger partial charge is 0.308 e. The standard InChI is InChI=1S/C12H11ClFN3O/c13-7-12(18)15-11-5-6-17(16-11)8-9-1-3-10(14)4-2-9/h1-6H,7-8H2,(H,15,16,18). The second kappa shape index (κ2) is 5.64. The Morgan fingerprint density at radius 2 is 2.06 bits per heavy atom. The molecule has 2 aromatic rings. The first-order chi connectivity index (χ1) is 8.67. The van der Waals surface area contributed by atoms with Crippen molar-refractivity contribution in [1.29, 1.82) is 0 Å². The van der Waals surface area contributed by atoms with E-state index in [1.807, 2.05) is 0 Å². The minimum Gasteiger partial charge on any atom is -0.308 e. The molecule has 0 aliphatic rings. The molecule has 0 aliphatic heterocycles. The van der Waals surface area contributed by atoms with Crippen LogP contribution in [0.4, 0.5) is 10.2 Å². The zero-order valence-corrected chi connectivity index (χ0v) is 10.2. The molecule has 1 aromatic carbocycles. The third-order valence-electron chi connectivity index (χ3n) is 2.29. The average Bonchev–Trinajstić information content (AvgIpc) is 2.79. The number of hydrogen-bond acceptors (Lipinski definition) is 2. The van der Waals surface area contributed by atoms with E-state index in [0.717, 1.165) is 5.56 Å². The number of rotatable bonds is 4. The van der Waals surface area contributed by atoms with Crippen LogP contribution in [-0.2, 0) is 11.3 Å². The summed E-state index contributed by atoms with van der Waals surface area (Å²) in [6.07, 6.45) is 1.73. The fraction of sp³-hybridized carbons (Fsp3) is 0.167. The van der Waals surface area contributed by atoms with Crippen molar-refractivity contribution in [1.82, 2.24) is 9.78 Å². The Labute approximate surface area is 108 Å². The molecule has 94 valence electrons. The maximum Gasteiger partial charge on any atom is 0.240 e. The van der Waals surface area contributed by atoms with Crippen LogP contribution < -0.4 is 5.32 Å². The number of benzene rings is 1. The predicted octanol–water partition coefficient (Wildman–Crippen LogP) is 2.25. The monoisotopic (exact) mass is 267 g/mol. The molecule has 0 spiro atoms. The number of nitrogens with one attached hydrogen (secondary N) is 1. The van der Waals surface area contributed by atoms with Crippen molar-refractivity contribution in [2.24, 2.45) is 0 Å². The molecule has 18 heavy (non-hydrogen) atoms. The molecule has 0 aliphatic carbocycles. The highest BCUT2D eigenvalue weighted by molar-refractivity contribution is 6.28. The van der Waals surface area contributed by atoms with Crippen molar-refractivity contribution in [3.05, 3.63) is 47.9 Å². The summed E-state index contributed by atoms with van der Waals surface area (Å²) in [5, 5.41) is 6.69. The molecular formula is C12H11ClFN3O. The van der Waals surface area contributed by atoms with Gasteiger partial charge in [0.15, 0.2) is 5.82 Å². The van der Waals surface area contributed by atoms with Gasteiger partial charge in [0.1, 0.15) is 11.7 Å². The van der Waals surface area contributed by atoms with Crippen molar-refractivity contribution in [2.75, 3.05) is 11.2 Å². The van der Waals surface area contributed by atoms with E-state index in [2.05, 4.69) is 10.4 Å². The summed E-state index contributed by atoms with van der Waals surface area (Å²) in [4.78, 5) is 11.1. The number of nitrogens with zero attached hydrogens (tertiary/aromatic N) is 2. The maximum absolute atomic E-state index is 12.7. The molecule has 0 radical (unpaired) electrons. The van der Waals surface area contributed by atoms with Gasteiger partial charge in [0.2, 0.25) is 5.91 Å². The van der Waals surface area contributed by atoms with Crippen LogP contribution in [0.3, 0.4) is 0 Å². The lowest BCUT2D eigenvalue weighted by Gasteiger charge is -2.02. The van der Waals surface area contributed by atoms with Crippen molar-refractivity contribution >= 4 is 23.3 Å². The van der Waals surface area contributed by atoms with Crippen LogP contribution in [0.2, 0.25) is 0 Å². The van der Waals surface area contributed by atoms with Gasteiger partial charge in [-0.1, -0.05) is 12.1 Å². The summed E-state index contributed by atoms with van der Waals surface area (Å²) >= 11 is 5.37. The Kier molecular flexibility index (Phi) is 3.94. The van der Waals surface area contributed by atoms with Crippen LogP contribution in [0.5, 0.6) is 0 Å². The number of carbonyl (C=O) groups is 1. The number of alkyl halides is 1. The number of hydrogen-bond donors (Lipinski definition) is 1. The van der Waals surface area contributed by atoms with E-state index >= 15 is 0 Å². The van der Waals surface area contributed by atoms with Gasteiger partial charge in [0.25, 0.3) is 0 Å². The van der Waals surface area contributed by atoms with E-state index in [-0.39, 0.29) is 17.6 Å². The van der Waals surface area contributed by atoms with Crippen molar-refractivity contribution in [3.63, 3.8) is 0 Å². The minimum atomic E-state index is -0.302. The molecule has 6 heteroatoms. The molecule has 0 saturated carbocycles.